The number of anilines is 1. The summed E-state index contributed by atoms with van der Waals surface area (Å²) in [4.78, 5) is 14.6. The summed E-state index contributed by atoms with van der Waals surface area (Å²) in [6.07, 6.45) is 2.20. The zero-order chi connectivity index (χ0) is 17.4. The molecule has 0 bridgehead atoms. The molecule has 0 spiro atoms. The molecule has 0 unspecified atom stereocenters. The number of carbonyl (C=O) groups excluding carboxylic acids is 1. The summed E-state index contributed by atoms with van der Waals surface area (Å²) in [5.74, 6) is 0.514. The van der Waals surface area contributed by atoms with E-state index in [-0.39, 0.29) is 5.91 Å². The van der Waals surface area contributed by atoms with Crippen molar-refractivity contribution in [3.8, 4) is 5.75 Å². The van der Waals surface area contributed by atoms with Crippen molar-refractivity contribution in [3.05, 3.63) is 34.3 Å². The molecule has 1 aromatic heterocycles. The molecule has 130 valence electrons. The van der Waals surface area contributed by atoms with Gasteiger partial charge >= 0.3 is 0 Å². The molecule has 0 saturated carbocycles. The maximum atomic E-state index is 12.3. The normalized spacial score (nSPS) is 10.8. The molecule has 1 N–H and O–H groups in total. The van der Waals surface area contributed by atoms with Gasteiger partial charge in [0.25, 0.3) is 5.91 Å². The smallest absolute Gasteiger partial charge is 0.286 e. The third-order valence-corrected chi connectivity index (χ3v) is 4.35. The average Bonchev–Trinajstić information content (AvgIpc) is 3.05. The second-order valence-electron chi connectivity index (χ2n) is 5.46. The minimum atomic E-state index is -0.235. The molecule has 6 nitrogen and oxygen atoms in total. The third-order valence-electron chi connectivity index (χ3n) is 3.45. The van der Waals surface area contributed by atoms with Crippen LogP contribution in [0, 0.1) is 0 Å². The lowest BCUT2D eigenvalue weighted by molar-refractivity contribution is 0.102. The zero-order valence-electron chi connectivity index (χ0n) is 14.4. The van der Waals surface area contributed by atoms with Gasteiger partial charge in [0.2, 0.25) is 5.01 Å². The van der Waals surface area contributed by atoms with Gasteiger partial charge in [0.1, 0.15) is 10.8 Å². The molecular weight excluding hydrogens is 324 g/mol. The Morgan fingerprint density at radius 2 is 1.83 bits per heavy atom. The first-order valence-electron chi connectivity index (χ1n) is 8.16. The fraction of sp³-hybridized carbons (Fsp3) is 0.471. The van der Waals surface area contributed by atoms with Gasteiger partial charge < -0.3 is 10.1 Å². The van der Waals surface area contributed by atoms with E-state index < -0.39 is 0 Å². The quantitative estimate of drug-likeness (QED) is 0.752. The van der Waals surface area contributed by atoms with Gasteiger partial charge in [-0.3, -0.25) is 9.69 Å². The van der Waals surface area contributed by atoms with Crippen LogP contribution in [-0.4, -0.2) is 41.2 Å². The average molecular weight is 348 g/mol. The number of benzene rings is 1. The van der Waals surface area contributed by atoms with Crippen LogP contribution in [0.4, 0.5) is 5.69 Å². The van der Waals surface area contributed by atoms with Gasteiger partial charge in [-0.1, -0.05) is 25.2 Å². The van der Waals surface area contributed by atoms with Crippen LogP contribution in [0.1, 0.15) is 41.5 Å². The Morgan fingerprint density at radius 3 is 2.42 bits per heavy atom. The predicted octanol–water partition coefficient (Wildman–Crippen LogP) is 3.42. The predicted molar refractivity (Wildman–Crippen MR) is 96.7 cm³/mol. The summed E-state index contributed by atoms with van der Waals surface area (Å²) < 4.78 is 5.10. The Kier molecular flexibility index (Phi) is 7.14. The number of carbonyl (C=O) groups is 1. The fourth-order valence-corrected chi connectivity index (χ4v) is 3.14. The van der Waals surface area contributed by atoms with Gasteiger partial charge in [0, 0.05) is 5.69 Å². The van der Waals surface area contributed by atoms with Crippen molar-refractivity contribution in [1.29, 1.82) is 0 Å². The molecule has 24 heavy (non-hydrogen) atoms. The Bertz CT molecular complexity index is 636. The number of methoxy groups -OCH3 is 1. The minimum absolute atomic E-state index is 0.235. The number of rotatable bonds is 9. The van der Waals surface area contributed by atoms with E-state index in [4.69, 9.17) is 4.74 Å². The summed E-state index contributed by atoms with van der Waals surface area (Å²) in [5.41, 5.74) is 0.705. The number of nitrogens with one attached hydrogen (secondary N) is 1. The van der Waals surface area contributed by atoms with E-state index in [1.54, 1.807) is 31.4 Å². The maximum absolute atomic E-state index is 12.3. The topological polar surface area (TPSA) is 67.4 Å². The molecule has 0 saturated heterocycles. The number of amides is 1. The highest BCUT2D eigenvalue weighted by atomic mass is 32.1. The zero-order valence-corrected chi connectivity index (χ0v) is 15.2. The van der Waals surface area contributed by atoms with Crippen molar-refractivity contribution in [2.24, 2.45) is 0 Å². The van der Waals surface area contributed by atoms with E-state index in [2.05, 4.69) is 34.3 Å². The van der Waals surface area contributed by atoms with Crippen LogP contribution in [0.5, 0.6) is 5.75 Å². The first-order valence-corrected chi connectivity index (χ1v) is 8.98. The largest absolute Gasteiger partial charge is 0.497 e. The Labute approximate surface area is 146 Å². The van der Waals surface area contributed by atoms with E-state index in [0.717, 1.165) is 43.2 Å². The van der Waals surface area contributed by atoms with E-state index in [0.29, 0.717) is 10.7 Å². The first-order chi connectivity index (χ1) is 11.7. The number of hydrogen-bond acceptors (Lipinski definition) is 6. The SMILES string of the molecule is CCCN(CCC)Cc1nnc(C(=O)Nc2ccc(OC)cc2)s1. The molecule has 0 aliphatic carbocycles. The summed E-state index contributed by atoms with van der Waals surface area (Å²) in [6, 6.07) is 7.19. The van der Waals surface area contributed by atoms with Gasteiger partial charge in [-0.15, -0.1) is 10.2 Å². The van der Waals surface area contributed by atoms with Crippen LogP contribution >= 0.6 is 11.3 Å². The first kappa shape index (κ1) is 18.4. The Balaban J connectivity index is 1.96. The molecule has 0 radical (unpaired) electrons. The van der Waals surface area contributed by atoms with Crippen molar-refractivity contribution in [3.63, 3.8) is 0 Å². The maximum Gasteiger partial charge on any atom is 0.286 e. The second kappa shape index (κ2) is 9.34. The molecule has 2 rings (SSSR count). The monoisotopic (exact) mass is 348 g/mol. The van der Waals surface area contributed by atoms with Crippen LogP contribution in [0.2, 0.25) is 0 Å². The van der Waals surface area contributed by atoms with E-state index in [1.165, 1.54) is 11.3 Å². The molecule has 1 aromatic carbocycles. The molecule has 2 aromatic rings. The number of nitrogens with zero attached hydrogens (tertiary/aromatic N) is 3. The van der Waals surface area contributed by atoms with Crippen LogP contribution in [-0.2, 0) is 6.54 Å². The lowest BCUT2D eigenvalue weighted by Gasteiger charge is -2.18. The number of aromatic nitrogens is 2. The van der Waals surface area contributed by atoms with Crippen molar-refractivity contribution in [2.45, 2.75) is 33.2 Å². The van der Waals surface area contributed by atoms with Crippen molar-refractivity contribution in [2.75, 3.05) is 25.5 Å². The van der Waals surface area contributed by atoms with Crippen LogP contribution in [0.3, 0.4) is 0 Å². The molecule has 0 aliphatic heterocycles. The van der Waals surface area contributed by atoms with Gasteiger partial charge in [0.15, 0.2) is 0 Å². The van der Waals surface area contributed by atoms with E-state index in [1.807, 2.05) is 0 Å². The number of hydrogen-bond donors (Lipinski definition) is 1. The molecule has 0 aliphatic rings. The van der Waals surface area contributed by atoms with Gasteiger partial charge in [-0.05, 0) is 50.2 Å². The summed E-state index contributed by atoms with van der Waals surface area (Å²) in [5, 5.41) is 12.3. The highest BCUT2D eigenvalue weighted by Gasteiger charge is 2.15. The third kappa shape index (κ3) is 5.28. The Morgan fingerprint density at radius 1 is 1.17 bits per heavy atom. The summed E-state index contributed by atoms with van der Waals surface area (Å²) >= 11 is 1.35. The van der Waals surface area contributed by atoms with Gasteiger partial charge in [-0.2, -0.15) is 0 Å². The Hall–Kier alpha value is -1.99. The fourth-order valence-electron chi connectivity index (χ4n) is 2.36. The van der Waals surface area contributed by atoms with Crippen LogP contribution in [0.15, 0.2) is 24.3 Å². The molecule has 7 heteroatoms. The lowest BCUT2D eigenvalue weighted by Crippen LogP contribution is -2.24. The van der Waals surface area contributed by atoms with Crippen LogP contribution < -0.4 is 10.1 Å². The van der Waals surface area contributed by atoms with Crippen LogP contribution in [0.25, 0.3) is 0 Å². The summed E-state index contributed by atoms with van der Waals surface area (Å²) in [7, 11) is 1.61. The second-order valence-corrected chi connectivity index (χ2v) is 6.52. The molecule has 0 fully saturated rings. The lowest BCUT2D eigenvalue weighted by atomic mass is 10.3. The summed E-state index contributed by atoms with van der Waals surface area (Å²) in [6.45, 7) is 7.13. The molecule has 1 heterocycles. The molecular formula is C17H24N4O2S. The van der Waals surface area contributed by atoms with E-state index >= 15 is 0 Å². The van der Waals surface area contributed by atoms with Gasteiger partial charge in [-0.25, -0.2) is 0 Å². The van der Waals surface area contributed by atoms with Crippen molar-refractivity contribution in [1.82, 2.24) is 15.1 Å². The van der Waals surface area contributed by atoms with Crippen molar-refractivity contribution >= 4 is 22.9 Å². The standard InChI is InChI=1S/C17H24N4O2S/c1-4-10-21(11-5-2)12-15-19-20-17(24-15)16(22)18-13-6-8-14(23-3)9-7-13/h6-9H,4-5,10-12H2,1-3H3,(H,18,22). The van der Waals surface area contributed by atoms with Crippen molar-refractivity contribution < 1.29 is 9.53 Å². The molecule has 1 amide bonds. The molecule has 0 atom stereocenters. The minimum Gasteiger partial charge on any atom is -0.497 e. The highest BCUT2D eigenvalue weighted by molar-refractivity contribution is 7.13. The number of ether oxygens (including phenoxy) is 1. The van der Waals surface area contributed by atoms with E-state index in [9.17, 15) is 4.79 Å². The van der Waals surface area contributed by atoms with Gasteiger partial charge in [0.05, 0.1) is 13.7 Å². The highest BCUT2D eigenvalue weighted by Crippen LogP contribution is 2.18.